The van der Waals surface area contributed by atoms with Gasteiger partial charge in [-0.2, -0.15) is 0 Å². The average Bonchev–Trinajstić information content (AvgIpc) is 2.54. The number of nitrogens with zero attached hydrogens (tertiary/aromatic N) is 1. The van der Waals surface area contributed by atoms with Gasteiger partial charge in [0.05, 0.1) is 6.04 Å². The van der Waals surface area contributed by atoms with Crippen LogP contribution in [0.5, 0.6) is 0 Å². The van der Waals surface area contributed by atoms with Crippen molar-refractivity contribution in [3.05, 3.63) is 71.0 Å². The number of carbonyl (C=O) groups excluding carboxylic acids is 1. The molecule has 0 aliphatic heterocycles. The molecule has 0 radical (unpaired) electrons. The van der Waals surface area contributed by atoms with E-state index >= 15 is 0 Å². The molecule has 0 aliphatic rings. The van der Waals surface area contributed by atoms with Crippen LogP contribution in [0.15, 0.2) is 48.5 Å². The molecule has 0 saturated carbocycles. The highest BCUT2D eigenvalue weighted by Crippen LogP contribution is 2.18. The molecule has 0 saturated heterocycles. The summed E-state index contributed by atoms with van der Waals surface area (Å²) in [6.07, 6.45) is 0. The number of carbonyl (C=O) groups is 1. The third-order valence-electron chi connectivity index (χ3n) is 4.01. The Morgan fingerprint density at radius 3 is 2.54 bits per heavy atom. The zero-order valence-electron chi connectivity index (χ0n) is 14.3. The molecule has 2 N–H and O–H groups in total. The van der Waals surface area contributed by atoms with Gasteiger partial charge >= 0.3 is 6.03 Å². The molecule has 1 atom stereocenters. The molecule has 128 valence electrons. The molecule has 2 amide bonds. The van der Waals surface area contributed by atoms with E-state index in [1.807, 2.05) is 56.3 Å². The lowest BCUT2D eigenvalue weighted by molar-refractivity contribution is 0.232. The maximum Gasteiger partial charge on any atom is 0.315 e. The Morgan fingerprint density at radius 2 is 1.88 bits per heavy atom. The van der Waals surface area contributed by atoms with Crippen molar-refractivity contribution in [2.24, 2.45) is 0 Å². The van der Waals surface area contributed by atoms with Crippen LogP contribution in [0.25, 0.3) is 0 Å². The first-order valence-corrected chi connectivity index (χ1v) is 7.95. The Balaban J connectivity index is 1.90. The maximum atomic E-state index is 13.4. The number of nitrogens with one attached hydrogen (secondary N) is 2. The average molecular weight is 329 g/mol. The Morgan fingerprint density at radius 1 is 1.12 bits per heavy atom. The van der Waals surface area contributed by atoms with Gasteiger partial charge in [0.2, 0.25) is 0 Å². The molecule has 0 fully saturated rings. The zero-order chi connectivity index (χ0) is 17.5. The van der Waals surface area contributed by atoms with Gasteiger partial charge in [-0.25, -0.2) is 9.18 Å². The summed E-state index contributed by atoms with van der Waals surface area (Å²) >= 11 is 0. The molecule has 2 aromatic rings. The molecule has 2 aromatic carbocycles. The Bertz CT molecular complexity index is 688. The van der Waals surface area contributed by atoms with E-state index in [1.54, 1.807) is 6.07 Å². The zero-order valence-corrected chi connectivity index (χ0v) is 14.3. The number of rotatable bonds is 6. The van der Waals surface area contributed by atoms with Gasteiger partial charge in [-0.15, -0.1) is 0 Å². The van der Waals surface area contributed by atoms with Crippen LogP contribution in [-0.2, 0) is 6.54 Å². The van der Waals surface area contributed by atoms with E-state index in [0.717, 1.165) is 16.7 Å². The number of urea groups is 1. The smallest absolute Gasteiger partial charge is 0.315 e. The lowest BCUT2D eigenvalue weighted by Crippen LogP contribution is -2.40. The standard InChI is InChI=1S/C19H24FN3O/c1-14-7-4-5-8-16(14)12-21-19(24)22-13-18(23(2)3)15-9-6-10-17(20)11-15/h4-11,18H,12-13H2,1-3H3,(H2,21,22,24). The fourth-order valence-electron chi connectivity index (χ4n) is 2.55. The Hall–Kier alpha value is -2.40. The number of halogens is 1. The van der Waals surface area contributed by atoms with E-state index in [0.29, 0.717) is 13.1 Å². The summed E-state index contributed by atoms with van der Waals surface area (Å²) in [5, 5.41) is 5.71. The summed E-state index contributed by atoms with van der Waals surface area (Å²) < 4.78 is 13.4. The summed E-state index contributed by atoms with van der Waals surface area (Å²) in [5.41, 5.74) is 3.06. The van der Waals surface area contributed by atoms with E-state index in [-0.39, 0.29) is 17.9 Å². The second-order valence-electron chi connectivity index (χ2n) is 6.02. The molecule has 0 aromatic heterocycles. The normalized spacial score (nSPS) is 12.0. The van der Waals surface area contributed by atoms with Crippen molar-refractivity contribution >= 4 is 6.03 Å². The second-order valence-corrected chi connectivity index (χ2v) is 6.02. The van der Waals surface area contributed by atoms with Crippen LogP contribution in [0.4, 0.5) is 9.18 Å². The molecule has 24 heavy (non-hydrogen) atoms. The predicted octanol–water partition coefficient (Wildman–Crippen LogP) is 3.24. The molecule has 4 nitrogen and oxygen atoms in total. The van der Waals surface area contributed by atoms with Crippen molar-refractivity contribution in [1.29, 1.82) is 0 Å². The largest absolute Gasteiger partial charge is 0.336 e. The SMILES string of the molecule is Cc1ccccc1CNC(=O)NCC(c1cccc(F)c1)N(C)C. The van der Waals surface area contributed by atoms with E-state index in [1.165, 1.54) is 12.1 Å². The highest BCUT2D eigenvalue weighted by atomic mass is 19.1. The molecule has 0 spiro atoms. The van der Waals surface area contributed by atoms with Crippen LogP contribution in [0, 0.1) is 12.7 Å². The van der Waals surface area contributed by atoms with Crippen LogP contribution in [0.3, 0.4) is 0 Å². The monoisotopic (exact) mass is 329 g/mol. The summed E-state index contributed by atoms with van der Waals surface area (Å²) in [4.78, 5) is 14.0. The van der Waals surface area contributed by atoms with Crippen molar-refractivity contribution in [2.75, 3.05) is 20.6 Å². The molecular formula is C19H24FN3O. The van der Waals surface area contributed by atoms with Crippen LogP contribution in [-0.4, -0.2) is 31.6 Å². The lowest BCUT2D eigenvalue weighted by Gasteiger charge is -2.25. The molecular weight excluding hydrogens is 305 g/mol. The second kappa shape index (κ2) is 8.45. The number of benzene rings is 2. The number of amides is 2. The first kappa shape index (κ1) is 17.9. The molecule has 0 bridgehead atoms. The van der Waals surface area contributed by atoms with Crippen LogP contribution < -0.4 is 10.6 Å². The number of hydrogen-bond acceptors (Lipinski definition) is 2. The van der Waals surface area contributed by atoms with Crippen molar-refractivity contribution in [3.8, 4) is 0 Å². The number of likely N-dealkylation sites (N-methyl/N-ethyl adjacent to an activating group) is 1. The van der Waals surface area contributed by atoms with E-state index in [9.17, 15) is 9.18 Å². The Labute approximate surface area is 142 Å². The highest BCUT2D eigenvalue weighted by molar-refractivity contribution is 5.73. The molecule has 5 heteroatoms. The molecule has 0 heterocycles. The molecule has 2 rings (SSSR count). The van der Waals surface area contributed by atoms with Crippen LogP contribution in [0.2, 0.25) is 0 Å². The van der Waals surface area contributed by atoms with E-state index in [4.69, 9.17) is 0 Å². The fourth-order valence-corrected chi connectivity index (χ4v) is 2.55. The number of hydrogen-bond donors (Lipinski definition) is 2. The highest BCUT2D eigenvalue weighted by Gasteiger charge is 2.15. The Kier molecular flexibility index (Phi) is 6.32. The topological polar surface area (TPSA) is 44.4 Å². The minimum atomic E-state index is -0.275. The van der Waals surface area contributed by atoms with Gasteiger partial charge in [0.25, 0.3) is 0 Å². The van der Waals surface area contributed by atoms with Crippen LogP contribution >= 0.6 is 0 Å². The van der Waals surface area contributed by atoms with Gasteiger partial charge in [0.1, 0.15) is 5.82 Å². The third kappa shape index (κ3) is 5.06. The molecule has 1 unspecified atom stereocenters. The van der Waals surface area contributed by atoms with Gasteiger partial charge in [0.15, 0.2) is 0 Å². The molecule has 0 aliphatic carbocycles. The lowest BCUT2D eigenvalue weighted by atomic mass is 10.1. The van der Waals surface area contributed by atoms with Crippen molar-refractivity contribution in [2.45, 2.75) is 19.5 Å². The van der Waals surface area contributed by atoms with Gasteiger partial charge in [-0.3, -0.25) is 0 Å². The summed E-state index contributed by atoms with van der Waals surface area (Å²) in [7, 11) is 3.81. The van der Waals surface area contributed by atoms with Crippen molar-refractivity contribution in [1.82, 2.24) is 15.5 Å². The summed E-state index contributed by atoms with van der Waals surface area (Å²) in [5.74, 6) is -0.275. The first-order chi connectivity index (χ1) is 11.5. The van der Waals surface area contributed by atoms with E-state index in [2.05, 4.69) is 10.6 Å². The summed E-state index contributed by atoms with van der Waals surface area (Å²) in [6.45, 7) is 2.89. The number of aryl methyl sites for hydroxylation is 1. The fraction of sp³-hybridized carbons (Fsp3) is 0.316. The maximum absolute atomic E-state index is 13.4. The minimum Gasteiger partial charge on any atom is -0.336 e. The van der Waals surface area contributed by atoms with Gasteiger partial charge in [-0.1, -0.05) is 36.4 Å². The van der Waals surface area contributed by atoms with Crippen molar-refractivity contribution in [3.63, 3.8) is 0 Å². The quantitative estimate of drug-likeness (QED) is 0.854. The van der Waals surface area contributed by atoms with Crippen LogP contribution in [0.1, 0.15) is 22.7 Å². The van der Waals surface area contributed by atoms with E-state index < -0.39 is 0 Å². The first-order valence-electron chi connectivity index (χ1n) is 7.95. The summed E-state index contributed by atoms with van der Waals surface area (Å²) in [6, 6.07) is 14.1. The third-order valence-corrected chi connectivity index (χ3v) is 4.01. The van der Waals surface area contributed by atoms with Gasteiger partial charge in [0, 0.05) is 13.1 Å². The predicted molar refractivity (Wildman–Crippen MR) is 94.2 cm³/mol. The van der Waals surface area contributed by atoms with Crippen molar-refractivity contribution < 1.29 is 9.18 Å². The van der Waals surface area contributed by atoms with Gasteiger partial charge < -0.3 is 15.5 Å². The minimum absolute atomic E-state index is 0.0927. The van der Waals surface area contributed by atoms with Gasteiger partial charge in [-0.05, 0) is 49.8 Å².